The second-order valence-electron chi connectivity index (χ2n) is 3.78. The van der Waals surface area contributed by atoms with Crippen molar-refractivity contribution in [3.63, 3.8) is 0 Å². The molecule has 0 saturated heterocycles. The van der Waals surface area contributed by atoms with Crippen LogP contribution < -0.4 is 5.73 Å². The summed E-state index contributed by atoms with van der Waals surface area (Å²) < 4.78 is 3.45. The van der Waals surface area contributed by atoms with Crippen LogP contribution >= 0.6 is 15.9 Å². The van der Waals surface area contributed by atoms with Crippen LogP contribution in [0.15, 0.2) is 28.7 Å². The minimum atomic E-state index is 0.743. The molecule has 0 aliphatic rings. The summed E-state index contributed by atoms with van der Waals surface area (Å²) in [6.07, 6.45) is 1.02. The highest BCUT2D eigenvalue weighted by atomic mass is 79.9. The summed E-state index contributed by atoms with van der Waals surface area (Å²) in [5.74, 6) is 0. The first kappa shape index (κ1) is 10.7. The van der Waals surface area contributed by atoms with Gasteiger partial charge in [-0.3, -0.25) is 0 Å². The number of rotatable bonds is 3. The summed E-state index contributed by atoms with van der Waals surface area (Å²) in [7, 11) is 0. The minimum absolute atomic E-state index is 0.743. The molecule has 80 valence electrons. The third kappa shape index (κ3) is 2.08. The number of halogens is 1. The highest BCUT2D eigenvalue weighted by molar-refractivity contribution is 9.10. The smallest absolute Gasteiger partial charge is 0.0493 e. The van der Waals surface area contributed by atoms with E-state index in [4.69, 9.17) is 5.73 Å². The number of nitrogens with zero attached hydrogens (tertiary/aromatic N) is 1. The molecule has 2 nitrogen and oxygen atoms in total. The largest absolute Gasteiger partial charge is 0.345 e. The van der Waals surface area contributed by atoms with Crippen LogP contribution in [-0.4, -0.2) is 11.1 Å². The van der Waals surface area contributed by atoms with Crippen LogP contribution in [0.25, 0.3) is 10.9 Å². The summed E-state index contributed by atoms with van der Waals surface area (Å²) in [5, 5.41) is 1.30. The van der Waals surface area contributed by atoms with Gasteiger partial charge >= 0.3 is 0 Å². The van der Waals surface area contributed by atoms with Crippen LogP contribution in [0.2, 0.25) is 0 Å². The van der Waals surface area contributed by atoms with Gasteiger partial charge in [0.2, 0.25) is 0 Å². The third-order valence-electron chi connectivity index (χ3n) is 2.66. The maximum absolute atomic E-state index is 5.55. The Balaban J connectivity index is 2.50. The molecule has 15 heavy (non-hydrogen) atoms. The molecule has 1 aromatic carbocycles. The lowest BCUT2D eigenvalue weighted by Crippen LogP contribution is -2.06. The van der Waals surface area contributed by atoms with Crippen LogP contribution in [-0.2, 0) is 6.54 Å². The summed E-state index contributed by atoms with van der Waals surface area (Å²) in [6, 6.07) is 8.61. The van der Waals surface area contributed by atoms with Crippen molar-refractivity contribution in [1.29, 1.82) is 0 Å². The number of aromatic nitrogens is 1. The van der Waals surface area contributed by atoms with Gasteiger partial charge in [-0.05, 0) is 43.5 Å². The van der Waals surface area contributed by atoms with Crippen LogP contribution in [0.3, 0.4) is 0 Å². The molecule has 2 N–H and O–H groups in total. The van der Waals surface area contributed by atoms with Crippen LogP contribution in [0.4, 0.5) is 0 Å². The fraction of sp³-hybridized carbons (Fsp3) is 0.333. The fourth-order valence-corrected chi connectivity index (χ4v) is 2.26. The zero-order chi connectivity index (χ0) is 10.8. The number of hydrogen-bond donors (Lipinski definition) is 1. The van der Waals surface area contributed by atoms with E-state index in [1.165, 1.54) is 16.6 Å². The van der Waals surface area contributed by atoms with Crippen molar-refractivity contribution in [3.8, 4) is 0 Å². The molecule has 0 aliphatic heterocycles. The molecule has 0 fully saturated rings. The summed E-state index contributed by atoms with van der Waals surface area (Å²) in [4.78, 5) is 0. The van der Waals surface area contributed by atoms with Crippen molar-refractivity contribution >= 4 is 26.8 Å². The molecule has 0 spiro atoms. The highest BCUT2D eigenvalue weighted by Gasteiger charge is 2.04. The normalized spacial score (nSPS) is 11.1. The van der Waals surface area contributed by atoms with E-state index in [2.05, 4.69) is 51.7 Å². The van der Waals surface area contributed by atoms with Gasteiger partial charge < -0.3 is 10.3 Å². The quantitative estimate of drug-likeness (QED) is 0.910. The van der Waals surface area contributed by atoms with Crippen molar-refractivity contribution in [2.45, 2.75) is 19.9 Å². The van der Waals surface area contributed by atoms with E-state index < -0.39 is 0 Å². The maximum atomic E-state index is 5.55. The lowest BCUT2D eigenvalue weighted by Gasteiger charge is -2.07. The van der Waals surface area contributed by atoms with Crippen LogP contribution in [0.5, 0.6) is 0 Å². The van der Waals surface area contributed by atoms with Crippen molar-refractivity contribution in [1.82, 2.24) is 4.57 Å². The molecular weight excluding hydrogens is 252 g/mol. The molecule has 0 aliphatic carbocycles. The van der Waals surface area contributed by atoms with Crippen molar-refractivity contribution in [2.24, 2.45) is 5.73 Å². The zero-order valence-corrected chi connectivity index (χ0v) is 10.4. The van der Waals surface area contributed by atoms with Gasteiger partial charge in [0.05, 0.1) is 0 Å². The van der Waals surface area contributed by atoms with Crippen LogP contribution in [0.1, 0.15) is 12.1 Å². The van der Waals surface area contributed by atoms with Gasteiger partial charge in [0.15, 0.2) is 0 Å². The molecule has 0 amide bonds. The Morgan fingerprint density at radius 1 is 1.33 bits per heavy atom. The fourth-order valence-electron chi connectivity index (χ4n) is 1.91. The minimum Gasteiger partial charge on any atom is -0.345 e. The van der Waals surface area contributed by atoms with Gasteiger partial charge in [0.1, 0.15) is 0 Å². The van der Waals surface area contributed by atoms with E-state index in [1.807, 2.05) is 0 Å². The molecule has 1 aromatic heterocycles. The first-order valence-electron chi connectivity index (χ1n) is 5.18. The molecule has 0 radical (unpaired) electrons. The predicted octanol–water partition coefficient (Wildman–Crippen LogP) is 3.06. The lowest BCUT2D eigenvalue weighted by molar-refractivity contribution is 0.656. The Morgan fingerprint density at radius 2 is 2.13 bits per heavy atom. The number of benzene rings is 1. The Kier molecular flexibility index (Phi) is 3.12. The van der Waals surface area contributed by atoms with Gasteiger partial charge in [-0.2, -0.15) is 0 Å². The topological polar surface area (TPSA) is 30.9 Å². The molecule has 1 heterocycles. The summed E-state index contributed by atoms with van der Waals surface area (Å²) in [5.41, 5.74) is 8.14. The molecule has 0 atom stereocenters. The number of nitrogens with two attached hydrogens (primary N) is 1. The van der Waals surface area contributed by atoms with E-state index in [0.717, 1.165) is 24.0 Å². The van der Waals surface area contributed by atoms with Gasteiger partial charge in [-0.15, -0.1) is 0 Å². The molecule has 2 rings (SSSR count). The Labute approximate surface area is 98.2 Å². The van der Waals surface area contributed by atoms with E-state index in [-0.39, 0.29) is 0 Å². The SMILES string of the molecule is Cc1cc2ccc(Br)cc2n1CCCN. The molecule has 0 saturated carbocycles. The first-order chi connectivity index (χ1) is 7.22. The highest BCUT2D eigenvalue weighted by Crippen LogP contribution is 2.23. The number of hydrogen-bond acceptors (Lipinski definition) is 1. The van der Waals surface area contributed by atoms with Gasteiger partial charge in [-0.1, -0.05) is 22.0 Å². The molecule has 2 aromatic rings. The van der Waals surface area contributed by atoms with E-state index in [9.17, 15) is 0 Å². The van der Waals surface area contributed by atoms with E-state index in [1.54, 1.807) is 0 Å². The monoisotopic (exact) mass is 266 g/mol. The van der Waals surface area contributed by atoms with Crippen molar-refractivity contribution < 1.29 is 0 Å². The first-order valence-corrected chi connectivity index (χ1v) is 5.97. The Bertz CT molecular complexity index is 474. The van der Waals surface area contributed by atoms with Gasteiger partial charge in [0.25, 0.3) is 0 Å². The third-order valence-corrected chi connectivity index (χ3v) is 3.15. The number of fused-ring (bicyclic) bond motifs is 1. The molecule has 3 heteroatoms. The maximum Gasteiger partial charge on any atom is 0.0493 e. The molecule has 0 unspecified atom stereocenters. The second kappa shape index (κ2) is 4.37. The average molecular weight is 267 g/mol. The Morgan fingerprint density at radius 3 is 2.87 bits per heavy atom. The average Bonchev–Trinajstić information content (AvgIpc) is 2.51. The molecule has 0 bridgehead atoms. The molecular formula is C12H15BrN2. The summed E-state index contributed by atoms with van der Waals surface area (Å²) >= 11 is 3.51. The van der Waals surface area contributed by atoms with Crippen molar-refractivity contribution in [2.75, 3.05) is 6.54 Å². The second-order valence-corrected chi connectivity index (χ2v) is 4.70. The van der Waals surface area contributed by atoms with Crippen molar-refractivity contribution in [3.05, 3.63) is 34.4 Å². The van der Waals surface area contributed by atoms with Crippen LogP contribution in [0, 0.1) is 6.92 Å². The Hall–Kier alpha value is -0.800. The summed E-state index contributed by atoms with van der Waals surface area (Å²) in [6.45, 7) is 3.89. The standard InChI is InChI=1S/C12H15BrN2/c1-9-7-10-3-4-11(13)8-12(10)15(9)6-2-5-14/h3-4,7-8H,2,5-6,14H2,1H3. The van der Waals surface area contributed by atoms with E-state index in [0.29, 0.717) is 0 Å². The number of aryl methyl sites for hydroxylation is 2. The zero-order valence-electron chi connectivity index (χ0n) is 8.83. The lowest BCUT2D eigenvalue weighted by atomic mass is 10.2. The van der Waals surface area contributed by atoms with Gasteiger partial charge in [0, 0.05) is 22.2 Å². The predicted molar refractivity (Wildman–Crippen MR) is 68.0 cm³/mol. The van der Waals surface area contributed by atoms with Gasteiger partial charge in [-0.25, -0.2) is 0 Å². The van der Waals surface area contributed by atoms with E-state index >= 15 is 0 Å².